The van der Waals surface area contributed by atoms with Crippen LogP contribution in [0.25, 0.3) is 0 Å². The minimum Gasteiger partial charge on any atom is -0.309 e. The fourth-order valence-electron chi connectivity index (χ4n) is 1.17. The first kappa shape index (κ1) is 19.6. The van der Waals surface area contributed by atoms with Crippen molar-refractivity contribution in [2.45, 2.75) is 12.8 Å². The van der Waals surface area contributed by atoms with Gasteiger partial charge in [-0.05, 0) is 28.2 Å². The lowest BCUT2D eigenvalue weighted by atomic mass is 10.2. The molecule has 20 heavy (non-hydrogen) atoms. The maximum absolute atomic E-state index is 11.6. The molecule has 0 heterocycles. The molecule has 0 atom stereocenters. The smallest absolute Gasteiger partial charge is 0.196 e. The van der Waals surface area contributed by atoms with Crippen molar-refractivity contribution in [3.8, 4) is 0 Å². The third-order valence-corrected chi connectivity index (χ3v) is 3.99. The summed E-state index contributed by atoms with van der Waals surface area (Å²) in [5.74, 6) is 1.06. The Kier molecular flexibility index (Phi) is 11.1. The molecule has 0 aliphatic carbocycles. The number of nitrogens with zero attached hydrogens (tertiary/aromatic N) is 2. The molecule has 0 aliphatic heterocycles. The van der Waals surface area contributed by atoms with E-state index >= 15 is 0 Å². The highest BCUT2D eigenvalue weighted by Crippen LogP contribution is 2.11. The van der Waals surface area contributed by atoms with Crippen molar-refractivity contribution < 1.29 is 14.4 Å². The van der Waals surface area contributed by atoms with Gasteiger partial charge in [0.2, 0.25) is 0 Å². The van der Waals surface area contributed by atoms with Crippen molar-refractivity contribution in [2.75, 3.05) is 52.8 Å². The fourth-order valence-corrected chi connectivity index (χ4v) is 3.06. The predicted octanol–water partition coefficient (Wildman–Crippen LogP) is 0.978. The molecule has 0 unspecified atom stereocenters. The third kappa shape index (κ3) is 12.7. The quantitative estimate of drug-likeness (QED) is 0.556. The number of rotatable bonds is 10. The van der Waals surface area contributed by atoms with Crippen LogP contribution in [0.4, 0.5) is 0 Å². The average Bonchev–Trinajstić information content (AvgIpc) is 2.26. The van der Waals surface area contributed by atoms with Crippen LogP contribution in [-0.4, -0.2) is 78.6 Å². The highest BCUT2D eigenvalue weighted by atomic mass is 32.2. The van der Waals surface area contributed by atoms with Gasteiger partial charge >= 0.3 is 0 Å². The summed E-state index contributed by atoms with van der Waals surface area (Å²) in [6.07, 6.45) is -0.282. The zero-order valence-corrected chi connectivity index (χ0v) is 14.3. The second-order valence-corrected chi connectivity index (χ2v) is 7.24. The SMILES string of the molecule is CN(C)CCSC(=O)CC(=O)CC(=O)SCCN(C)C. The van der Waals surface area contributed by atoms with E-state index in [9.17, 15) is 14.4 Å². The summed E-state index contributed by atoms with van der Waals surface area (Å²) in [5.41, 5.74) is 0. The number of carbonyl (C=O) groups is 3. The van der Waals surface area contributed by atoms with Crippen LogP contribution in [0.5, 0.6) is 0 Å². The zero-order valence-electron chi connectivity index (χ0n) is 12.7. The maximum atomic E-state index is 11.6. The summed E-state index contributed by atoms with van der Waals surface area (Å²) in [7, 11) is 7.72. The molecule has 5 nitrogen and oxygen atoms in total. The number of thioether (sulfide) groups is 2. The van der Waals surface area contributed by atoms with Gasteiger partial charge in [0.25, 0.3) is 0 Å². The number of hydrogen-bond acceptors (Lipinski definition) is 7. The summed E-state index contributed by atoms with van der Waals surface area (Å²) < 4.78 is 0. The lowest BCUT2D eigenvalue weighted by Crippen LogP contribution is -2.17. The van der Waals surface area contributed by atoms with Crippen LogP contribution in [0.15, 0.2) is 0 Å². The van der Waals surface area contributed by atoms with Crippen LogP contribution in [0.2, 0.25) is 0 Å². The summed E-state index contributed by atoms with van der Waals surface area (Å²) in [6.45, 7) is 1.59. The fraction of sp³-hybridized carbons (Fsp3) is 0.769. The Bertz CT molecular complexity index is 304. The van der Waals surface area contributed by atoms with Crippen molar-refractivity contribution in [1.29, 1.82) is 0 Å². The number of ketones is 1. The molecule has 0 spiro atoms. The molecule has 0 aromatic carbocycles. The molecular formula is C13H24N2O3S2. The number of hydrogen-bond donors (Lipinski definition) is 0. The van der Waals surface area contributed by atoms with E-state index in [1.807, 2.05) is 38.0 Å². The van der Waals surface area contributed by atoms with Crippen molar-refractivity contribution in [3.63, 3.8) is 0 Å². The first-order valence-corrected chi connectivity index (χ1v) is 8.40. The summed E-state index contributed by atoms with van der Waals surface area (Å²) in [4.78, 5) is 38.6. The van der Waals surface area contributed by atoms with Crippen LogP contribution in [0.1, 0.15) is 12.8 Å². The Labute approximate surface area is 129 Å². The van der Waals surface area contributed by atoms with E-state index in [0.29, 0.717) is 11.5 Å². The standard InChI is InChI=1S/C13H24N2O3S2/c1-14(2)5-7-19-12(17)9-11(16)10-13(18)20-8-6-15(3)4/h5-10H2,1-4H3. The van der Waals surface area contributed by atoms with E-state index in [4.69, 9.17) is 0 Å². The molecule has 0 radical (unpaired) electrons. The molecule has 0 saturated carbocycles. The van der Waals surface area contributed by atoms with Crippen LogP contribution >= 0.6 is 23.5 Å². The second-order valence-electron chi connectivity index (χ2n) is 4.94. The second kappa shape index (κ2) is 11.3. The minimum atomic E-state index is -0.283. The average molecular weight is 320 g/mol. The molecule has 0 N–H and O–H groups in total. The normalized spacial score (nSPS) is 11.1. The van der Waals surface area contributed by atoms with Gasteiger partial charge in [0.05, 0.1) is 12.8 Å². The molecule has 0 amide bonds. The van der Waals surface area contributed by atoms with E-state index in [1.165, 1.54) is 0 Å². The molecule has 7 heteroatoms. The van der Waals surface area contributed by atoms with Crippen LogP contribution in [0.3, 0.4) is 0 Å². The number of carbonyl (C=O) groups excluding carboxylic acids is 3. The van der Waals surface area contributed by atoms with Crippen molar-refractivity contribution in [1.82, 2.24) is 9.80 Å². The highest BCUT2D eigenvalue weighted by Gasteiger charge is 2.14. The Balaban J connectivity index is 3.75. The van der Waals surface area contributed by atoms with Crippen molar-refractivity contribution in [3.05, 3.63) is 0 Å². The Morgan fingerprint density at radius 3 is 1.40 bits per heavy atom. The van der Waals surface area contributed by atoms with Crippen molar-refractivity contribution in [2.24, 2.45) is 0 Å². The molecule has 0 aromatic rings. The first-order valence-electron chi connectivity index (χ1n) is 6.43. The van der Waals surface area contributed by atoms with Crippen LogP contribution in [-0.2, 0) is 14.4 Å². The molecule has 0 bridgehead atoms. The maximum Gasteiger partial charge on any atom is 0.196 e. The molecule has 0 fully saturated rings. The Morgan fingerprint density at radius 2 is 1.10 bits per heavy atom. The Morgan fingerprint density at radius 1 is 0.750 bits per heavy atom. The molecular weight excluding hydrogens is 296 g/mol. The van der Waals surface area contributed by atoms with E-state index < -0.39 is 0 Å². The molecule has 0 rings (SSSR count). The van der Waals surface area contributed by atoms with Gasteiger partial charge in [-0.15, -0.1) is 0 Å². The summed E-state index contributed by atoms with van der Waals surface area (Å²) >= 11 is 2.31. The van der Waals surface area contributed by atoms with Gasteiger partial charge in [0, 0.05) is 24.6 Å². The minimum absolute atomic E-state index is 0.141. The van der Waals surface area contributed by atoms with Gasteiger partial charge in [-0.3, -0.25) is 14.4 Å². The molecule has 116 valence electrons. The lowest BCUT2D eigenvalue weighted by Gasteiger charge is -2.08. The molecule has 0 saturated heterocycles. The lowest BCUT2D eigenvalue weighted by molar-refractivity contribution is -0.125. The zero-order chi connectivity index (χ0) is 15.5. The number of Topliss-reactive ketones (excluding diaryl/α,β-unsaturated/α-hetero) is 1. The summed E-state index contributed by atoms with van der Waals surface area (Å²) in [5, 5.41) is -0.300. The monoisotopic (exact) mass is 320 g/mol. The summed E-state index contributed by atoms with van der Waals surface area (Å²) in [6, 6.07) is 0. The van der Waals surface area contributed by atoms with Gasteiger partial charge in [-0.2, -0.15) is 0 Å². The topological polar surface area (TPSA) is 57.7 Å². The molecule has 0 aromatic heterocycles. The van der Waals surface area contributed by atoms with E-state index in [2.05, 4.69) is 0 Å². The molecule has 0 aliphatic rings. The van der Waals surface area contributed by atoms with E-state index in [0.717, 1.165) is 36.6 Å². The van der Waals surface area contributed by atoms with Crippen LogP contribution in [0, 0.1) is 0 Å². The predicted molar refractivity (Wildman–Crippen MR) is 86.3 cm³/mol. The Hall–Kier alpha value is -0.370. The van der Waals surface area contributed by atoms with E-state index in [1.54, 1.807) is 0 Å². The largest absolute Gasteiger partial charge is 0.309 e. The van der Waals surface area contributed by atoms with Gasteiger partial charge < -0.3 is 9.80 Å². The first-order chi connectivity index (χ1) is 9.31. The third-order valence-electron chi connectivity index (χ3n) is 2.29. The van der Waals surface area contributed by atoms with Gasteiger partial charge in [-0.1, -0.05) is 23.5 Å². The van der Waals surface area contributed by atoms with E-state index in [-0.39, 0.29) is 28.9 Å². The van der Waals surface area contributed by atoms with Crippen LogP contribution < -0.4 is 0 Å². The van der Waals surface area contributed by atoms with Gasteiger partial charge in [0.15, 0.2) is 10.2 Å². The van der Waals surface area contributed by atoms with Gasteiger partial charge in [0.1, 0.15) is 5.78 Å². The van der Waals surface area contributed by atoms with Crippen molar-refractivity contribution >= 4 is 39.5 Å². The highest BCUT2D eigenvalue weighted by molar-refractivity contribution is 8.14. The van der Waals surface area contributed by atoms with Gasteiger partial charge in [-0.25, -0.2) is 0 Å².